The number of hydrogen-bond donors (Lipinski definition) is 0. The Kier molecular flexibility index (Phi) is 6.65. The number of rotatable bonds is 4. The van der Waals surface area contributed by atoms with Crippen LogP contribution in [0.1, 0.15) is 13.3 Å². The van der Waals surface area contributed by atoms with Crippen LogP contribution in [0.25, 0.3) is 21.8 Å². The van der Waals surface area contributed by atoms with Gasteiger partial charge in [0.05, 0.1) is 13.0 Å². The lowest BCUT2D eigenvalue weighted by atomic mass is 10.1. The molecule has 0 aliphatic rings. The van der Waals surface area contributed by atoms with Crippen molar-refractivity contribution in [2.45, 2.75) is 26.1 Å². The molecule has 0 bridgehead atoms. The van der Waals surface area contributed by atoms with Crippen LogP contribution in [-0.2, 0) is 11.3 Å². The number of alkyl halides is 3. The van der Waals surface area contributed by atoms with Crippen molar-refractivity contribution in [3.05, 3.63) is 61.2 Å². The first kappa shape index (κ1) is 19.8. The lowest BCUT2D eigenvalue weighted by molar-refractivity contribution is -0.767. The Hall–Kier alpha value is -2.51. The molecule has 0 atom stereocenters. The number of nitrogens with zero attached hydrogens (tertiary/aromatic N) is 1. The third-order valence-corrected chi connectivity index (χ3v) is 3.65. The van der Waals surface area contributed by atoms with Crippen molar-refractivity contribution >= 4 is 27.6 Å². The van der Waals surface area contributed by atoms with Crippen LogP contribution in [0, 0.1) is 6.61 Å². The van der Waals surface area contributed by atoms with Gasteiger partial charge in [0.2, 0.25) is 11.0 Å². The zero-order chi connectivity index (χ0) is 19.2. The second-order valence-corrected chi connectivity index (χ2v) is 5.64. The Morgan fingerprint density at radius 3 is 1.96 bits per heavy atom. The van der Waals surface area contributed by atoms with Crippen molar-refractivity contribution in [2.75, 3.05) is 0 Å². The number of halogens is 3. The van der Waals surface area contributed by atoms with Gasteiger partial charge in [0.1, 0.15) is 5.78 Å². The molecule has 2 aromatic carbocycles. The van der Waals surface area contributed by atoms with E-state index in [2.05, 4.69) is 34.9 Å². The molecule has 0 amide bonds. The molecule has 1 N–H and O–H groups in total. The van der Waals surface area contributed by atoms with E-state index in [1.54, 1.807) is 6.92 Å². The molecule has 0 spiro atoms. The number of hydrogen-bond acceptors (Lipinski definition) is 2. The Labute approximate surface area is 148 Å². The third-order valence-electron chi connectivity index (χ3n) is 3.65. The van der Waals surface area contributed by atoms with Crippen LogP contribution in [0.4, 0.5) is 13.2 Å². The molecule has 0 radical (unpaired) electrons. The average Bonchev–Trinajstić information content (AvgIpc) is 2.58. The summed E-state index contributed by atoms with van der Waals surface area (Å²) >= 11 is 0. The molecular formula is C19H18F3NO3. The van der Waals surface area contributed by atoms with Crippen LogP contribution in [0.15, 0.2) is 54.6 Å². The van der Waals surface area contributed by atoms with Crippen LogP contribution in [-0.4, -0.2) is 16.8 Å². The topological polar surface area (TPSA) is 56.8 Å². The van der Waals surface area contributed by atoms with Gasteiger partial charge in [0.25, 0.3) is 0 Å². The summed E-state index contributed by atoms with van der Waals surface area (Å²) in [5.74, 6) is 0.226. The van der Waals surface area contributed by atoms with E-state index in [9.17, 15) is 18.0 Å². The molecular weight excluding hydrogens is 347 g/mol. The van der Waals surface area contributed by atoms with Gasteiger partial charge in [-0.3, -0.25) is 4.79 Å². The second kappa shape index (κ2) is 8.73. The highest BCUT2D eigenvalue weighted by Gasteiger charge is 2.19. The molecule has 3 rings (SSSR count). The normalized spacial score (nSPS) is 11.3. The van der Waals surface area contributed by atoms with E-state index in [0.29, 0.717) is 6.42 Å². The van der Waals surface area contributed by atoms with Crippen molar-refractivity contribution < 1.29 is 32.7 Å². The molecule has 0 unspecified atom stereocenters. The quantitative estimate of drug-likeness (QED) is 0.178. The lowest BCUT2D eigenvalue weighted by Gasteiger charge is -2.13. The Morgan fingerprint density at radius 1 is 1.08 bits per heavy atom. The van der Waals surface area contributed by atoms with Gasteiger partial charge in [0, 0.05) is 22.9 Å². The van der Waals surface area contributed by atoms with Crippen LogP contribution in [0.3, 0.4) is 0 Å². The van der Waals surface area contributed by atoms with Crippen LogP contribution < -0.4 is 9.82 Å². The number of carbonyl (C=O) groups is 1. The van der Waals surface area contributed by atoms with E-state index in [1.165, 1.54) is 26.7 Å². The molecule has 7 heteroatoms. The molecule has 4 nitrogen and oxygen atoms in total. The molecule has 26 heavy (non-hydrogen) atoms. The number of Topliss-reactive ketones (excluding diaryl/α,β-unsaturated/α-hetero) is 1. The highest BCUT2D eigenvalue weighted by atomic mass is 19.4. The third kappa shape index (κ3) is 5.50. The summed E-state index contributed by atoms with van der Waals surface area (Å²) < 4.78 is 34.4. The number of carbonyl (C=O) groups excluding carboxylic acids is 1. The molecule has 0 aliphatic carbocycles. The van der Waals surface area contributed by atoms with Crippen molar-refractivity contribution in [2.24, 2.45) is 0 Å². The van der Waals surface area contributed by atoms with Gasteiger partial charge < -0.3 is 10.1 Å². The van der Waals surface area contributed by atoms with Crippen LogP contribution >= 0.6 is 0 Å². The summed E-state index contributed by atoms with van der Waals surface area (Å²) in [4.78, 5) is 12.8. The Morgan fingerprint density at radius 2 is 1.58 bits per heavy atom. The first-order chi connectivity index (χ1) is 12.3. The summed E-state index contributed by atoms with van der Waals surface area (Å²) in [6.45, 7) is 1.76. The Balaban J connectivity index is 0.000000298. The average molecular weight is 365 g/mol. The maximum atomic E-state index is 11.3. The second-order valence-electron chi connectivity index (χ2n) is 5.64. The predicted octanol–water partition coefficient (Wildman–Crippen LogP) is 3.34. The number of pyridine rings is 1. The van der Waals surface area contributed by atoms with E-state index < -0.39 is 12.8 Å². The van der Waals surface area contributed by atoms with Gasteiger partial charge in [-0.25, -0.2) is 0 Å². The lowest BCUT2D eigenvalue weighted by Crippen LogP contribution is -2.36. The number of ketones is 1. The van der Waals surface area contributed by atoms with E-state index in [4.69, 9.17) is 5.26 Å². The fourth-order valence-electron chi connectivity index (χ4n) is 2.58. The number of fused-ring (bicyclic) bond motifs is 2. The number of aliphatic hydroxyl groups is 1. The summed E-state index contributed by atoms with van der Waals surface area (Å²) in [6.07, 6.45) is -3.98. The van der Waals surface area contributed by atoms with E-state index >= 15 is 0 Å². The summed E-state index contributed by atoms with van der Waals surface area (Å²) in [7, 11) is 0. The molecule has 0 aliphatic heterocycles. The van der Waals surface area contributed by atoms with Crippen molar-refractivity contribution in [1.29, 1.82) is 0 Å². The molecule has 0 saturated carbocycles. The van der Waals surface area contributed by atoms with E-state index in [1.807, 2.05) is 24.3 Å². The minimum atomic E-state index is -4.55. The minimum absolute atomic E-state index is 0.226. The van der Waals surface area contributed by atoms with Crippen LogP contribution in [0.5, 0.6) is 0 Å². The zero-order valence-corrected chi connectivity index (χ0v) is 14.0. The number of para-hydroxylation sites is 2. The van der Waals surface area contributed by atoms with Gasteiger partial charge in [-0.2, -0.15) is 17.7 Å². The minimum Gasteiger partial charge on any atom is -0.582 e. The zero-order valence-electron chi connectivity index (χ0n) is 14.0. The van der Waals surface area contributed by atoms with E-state index in [-0.39, 0.29) is 5.78 Å². The maximum absolute atomic E-state index is 11.3. The van der Waals surface area contributed by atoms with Gasteiger partial charge in [-0.1, -0.05) is 24.3 Å². The Bertz CT molecular complexity index is 840. The van der Waals surface area contributed by atoms with Crippen molar-refractivity contribution in [3.8, 4) is 0 Å². The van der Waals surface area contributed by atoms with Gasteiger partial charge in [-0.15, -0.1) is 0 Å². The number of aromatic nitrogens is 1. The molecule has 138 valence electrons. The SMILES string of the molecule is CC(=O)CC[n+]1c2ccccc2cc2ccccc21.[O-][OH+][CH-]C(F)(F)F. The number of benzene rings is 2. The summed E-state index contributed by atoms with van der Waals surface area (Å²) in [5.41, 5.74) is 2.37. The first-order valence-corrected chi connectivity index (χ1v) is 7.85. The molecule has 0 saturated heterocycles. The maximum Gasteiger partial charge on any atom is 0.336 e. The summed E-state index contributed by atoms with van der Waals surface area (Å²) in [5, 5.41) is 11.2. The van der Waals surface area contributed by atoms with Crippen LogP contribution in [0.2, 0.25) is 0 Å². The predicted molar refractivity (Wildman–Crippen MR) is 89.9 cm³/mol. The summed E-state index contributed by atoms with van der Waals surface area (Å²) in [6, 6.07) is 18.8. The van der Waals surface area contributed by atoms with Gasteiger partial charge in [-0.05, 0) is 25.1 Å². The molecule has 0 fully saturated rings. The van der Waals surface area contributed by atoms with Crippen molar-refractivity contribution in [1.82, 2.24) is 0 Å². The van der Waals surface area contributed by atoms with Crippen molar-refractivity contribution in [3.63, 3.8) is 0 Å². The van der Waals surface area contributed by atoms with E-state index in [0.717, 1.165) is 6.54 Å². The molecule has 3 aromatic rings. The largest absolute Gasteiger partial charge is 0.582 e. The van der Waals surface area contributed by atoms with Gasteiger partial charge >= 0.3 is 6.18 Å². The smallest absolute Gasteiger partial charge is 0.336 e. The fourth-order valence-corrected chi connectivity index (χ4v) is 2.58. The molecule has 1 aromatic heterocycles. The fraction of sp³-hybridized carbons (Fsp3) is 0.211. The number of aryl methyl sites for hydroxylation is 1. The monoisotopic (exact) mass is 365 g/mol. The van der Waals surface area contributed by atoms with Gasteiger partial charge in [0.15, 0.2) is 6.54 Å². The molecule has 1 heterocycles. The highest BCUT2D eigenvalue weighted by Crippen LogP contribution is 2.18. The first-order valence-electron chi connectivity index (χ1n) is 7.85. The highest BCUT2D eigenvalue weighted by molar-refractivity contribution is 5.88. The standard InChI is InChI=1S/C17H16NO.C2H2F3O2/c1-13(19)10-11-18-16-8-4-2-6-14(16)12-15-7-3-5-9-17(15)18;3-2(4,5)1-7-6/h2-9,12H,10-11H2,1H3;1,7H/q+1;-1.